The highest BCUT2D eigenvalue weighted by Gasteiger charge is 2.14. The van der Waals surface area contributed by atoms with Crippen molar-refractivity contribution in [3.8, 4) is 0 Å². The fraction of sp³-hybridized carbons (Fsp3) is 0.194. The summed E-state index contributed by atoms with van der Waals surface area (Å²) in [7, 11) is 8.09. The van der Waals surface area contributed by atoms with Crippen LogP contribution in [0, 0.1) is 0 Å². The first-order chi connectivity index (χ1) is 18.8. The number of aromatic nitrogens is 1. The lowest BCUT2D eigenvalue weighted by Crippen LogP contribution is -2.26. The van der Waals surface area contributed by atoms with Crippen molar-refractivity contribution in [1.29, 1.82) is 0 Å². The van der Waals surface area contributed by atoms with Gasteiger partial charge in [0.15, 0.2) is 5.13 Å². The first kappa shape index (κ1) is 27.6. The molecule has 3 aromatic carbocycles. The van der Waals surface area contributed by atoms with E-state index in [1.54, 1.807) is 11.5 Å². The molecule has 0 aliphatic rings. The van der Waals surface area contributed by atoms with Gasteiger partial charge in [0.2, 0.25) is 0 Å². The van der Waals surface area contributed by atoms with Gasteiger partial charge in [-0.15, -0.1) is 11.3 Å². The van der Waals surface area contributed by atoms with Crippen LogP contribution in [0.25, 0.3) is 5.57 Å². The quantitative estimate of drug-likeness (QED) is 0.267. The third kappa shape index (κ3) is 7.33. The van der Waals surface area contributed by atoms with Crippen LogP contribution in [0.5, 0.6) is 0 Å². The van der Waals surface area contributed by atoms with E-state index in [0.29, 0.717) is 18.1 Å². The zero-order valence-electron chi connectivity index (χ0n) is 22.6. The van der Waals surface area contributed by atoms with Gasteiger partial charge in [0.05, 0.1) is 11.4 Å². The number of hydrogen-bond donors (Lipinski definition) is 2. The van der Waals surface area contributed by atoms with E-state index in [0.717, 1.165) is 33.6 Å². The first-order valence-electron chi connectivity index (χ1n) is 12.7. The maximum Gasteiger partial charge on any atom is 0.270 e. The van der Waals surface area contributed by atoms with E-state index in [9.17, 15) is 9.59 Å². The van der Waals surface area contributed by atoms with Crippen molar-refractivity contribution in [2.75, 3.05) is 49.9 Å². The third-order valence-corrected chi connectivity index (χ3v) is 6.87. The predicted molar refractivity (Wildman–Crippen MR) is 162 cm³/mol. The minimum Gasteiger partial charge on any atom is -0.376 e. The van der Waals surface area contributed by atoms with E-state index in [4.69, 9.17) is 0 Å². The summed E-state index contributed by atoms with van der Waals surface area (Å²) >= 11 is 1.22. The number of rotatable bonds is 10. The van der Waals surface area contributed by atoms with Gasteiger partial charge in [-0.05, 0) is 40.8 Å². The number of nitrogens with one attached hydrogen (secondary N) is 2. The van der Waals surface area contributed by atoms with Crippen molar-refractivity contribution in [3.63, 3.8) is 0 Å². The molecular weight excluding hydrogens is 506 g/mol. The molecular formula is C31H33N5O2S. The molecule has 2 amide bonds. The zero-order chi connectivity index (χ0) is 27.8. The van der Waals surface area contributed by atoms with Gasteiger partial charge in [0.1, 0.15) is 5.69 Å². The molecule has 0 bridgehead atoms. The number of carbonyl (C=O) groups excluding carboxylic acids is 2. The van der Waals surface area contributed by atoms with Crippen LogP contribution in [-0.4, -0.2) is 51.5 Å². The molecule has 0 spiro atoms. The molecule has 0 aliphatic heterocycles. The summed E-state index contributed by atoms with van der Waals surface area (Å²) in [6.07, 6.45) is 2.26. The van der Waals surface area contributed by atoms with E-state index in [1.165, 1.54) is 11.3 Å². The smallest absolute Gasteiger partial charge is 0.270 e. The normalized spacial score (nSPS) is 10.5. The van der Waals surface area contributed by atoms with Crippen molar-refractivity contribution < 1.29 is 9.59 Å². The number of thiazole rings is 1. The van der Waals surface area contributed by atoms with Crippen molar-refractivity contribution in [2.45, 2.75) is 6.42 Å². The Morgan fingerprint density at radius 3 is 2.05 bits per heavy atom. The number of carbonyl (C=O) groups is 2. The summed E-state index contributed by atoms with van der Waals surface area (Å²) in [5.74, 6) is -0.578. The van der Waals surface area contributed by atoms with Crippen LogP contribution >= 0.6 is 11.3 Å². The van der Waals surface area contributed by atoms with Crippen LogP contribution in [0.2, 0.25) is 0 Å². The highest BCUT2D eigenvalue weighted by Crippen LogP contribution is 2.28. The molecule has 1 aromatic heterocycles. The Labute approximate surface area is 233 Å². The Morgan fingerprint density at radius 2 is 1.46 bits per heavy atom. The number of benzene rings is 3. The Kier molecular flexibility index (Phi) is 9.12. The van der Waals surface area contributed by atoms with Crippen LogP contribution < -0.4 is 20.4 Å². The molecule has 4 rings (SSSR count). The third-order valence-electron chi connectivity index (χ3n) is 6.11. The molecule has 200 valence electrons. The largest absolute Gasteiger partial charge is 0.376 e. The molecule has 2 N–H and O–H groups in total. The molecule has 0 radical (unpaired) electrons. The predicted octanol–water partition coefficient (Wildman–Crippen LogP) is 5.32. The lowest BCUT2D eigenvalue weighted by Gasteiger charge is -2.23. The fourth-order valence-electron chi connectivity index (χ4n) is 4.15. The molecule has 4 aromatic rings. The summed E-state index contributed by atoms with van der Waals surface area (Å²) in [5, 5.41) is 7.76. The second kappa shape index (κ2) is 12.9. The van der Waals surface area contributed by atoms with Crippen molar-refractivity contribution in [2.24, 2.45) is 0 Å². The van der Waals surface area contributed by atoms with Gasteiger partial charge in [0, 0.05) is 46.2 Å². The van der Waals surface area contributed by atoms with Gasteiger partial charge in [-0.25, -0.2) is 4.98 Å². The molecule has 7 nitrogen and oxygen atoms in total. The summed E-state index contributed by atoms with van der Waals surface area (Å²) in [6, 6.07) is 25.8. The Hall–Kier alpha value is -4.43. The maximum atomic E-state index is 12.9. The average Bonchev–Trinajstić information content (AvgIpc) is 3.41. The Bertz CT molecular complexity index is 1400. The number of hydrogen-bond acceptors (Lipinski definition) is 6. The lowest BCUT2D eigenvalue weighted by atomic mass is 9.97. The molecule has 8 heteroatoms. The monoisotopic (exact) mass is 539 g/mol. The van der Waals surface area contributed by atoms with Crippen LogP contribution in [0.4, 0.5) is 16.5 Å². The van der Waals surface area contributed by atoms with Gasteiger partial charge >= 0.3 is 0 Å². The van der Waals surface area contributed by atoms with Crippen molar-refractivity contribution in [3.05, 3.63) is 113 Å². The minimum absolute atomic E-state index is 0.269. The van der Waals surface area contributed by atoms with Gasteiger partial charge in [-0.3, -0.25) is 14.9 Å². The number of nitrogens with zero attached hydrogens (tertiary/aromatic N) is 3. The highest BCUT2D eigenvalue weighted by atomic mass is 32.1. The van der Waals surface area contributed by atoms with Crippen molar-refractivity contribution in [1.82, 2.24) is 10.3 Å². The van der Waals surface area contributed by atoms with Crippen LogP contribution in [-0.2, 0) is 11.2 Å². The fourth-order valence-corrected chi connectivity index (χ4v) is 4.84. The first-order valence-corrected chi connectivity index (χ1v) is 13.5. The minimum atomic E-state index is -0.308. The topological polar surface area (TPSA) is 77.6 Å². The molecule has 0 saturated carbocycles. The van der Waals surface area contributed by atoms with Gasteiger partial charge in [0.25, 0.3) is 11.8 Å². The van der Waals surface area contributed by atoms with Crippen LogP contribution in [0.1, 0.15) is 27.2 Å². The zero-order valence-corrected chi connectivity index (χ0v) is 23.5. The van der Waals surface area contributed by atoms with E-state index in [-0.39, 0.29) is 17.5 Å². The average molecular weight is 540 g/mol. The Morgan fingerprint density at radius 1 is 0.846 bits per heavy atom. The standard InChI is InChI=1S/C31H33N5O2S/c1-35(2)27-16-15-22(19-28(27)36(3)4)17-18-32-30(38)26-21-39-31(33-26)34-29(37)20-25(23-11-7-5-8-12-23)24-13-9-6-10-14-24/h5-16,19-21H,17-18H2,1-4H3,(H,32,38)(H,33,34,37). The number of amides is 2. The van der Waals surface area contributed by atoms with Gasteiger partial charge in [-0.1, -0.05) is 66.7 Å². The molecule has 0 atom stereocenters. The summed E-state index contributed by atoms with van der Waals surface area (Å²) in [5.41, 5.74) is 6.36. The maximum absolute atomic E-state index is 12.9. The summed E-state index contributed by atoms with van der Waals surface area (Å²) in [4.78, 5) is 34.1. The molecule has 0 unspecified atom stereocenters. The van der Waals surface area contributed by atoms with E-state index in [2.05, 4.69) is 43.6 Å². The SMILES string of the molecule is CN(C)c1ccc(CCNC(=O)c2csc(NC(=O)C=C(c3ccccc3)c3ccccc3)n2)cc1N(C)C. The summed E-state index contributed by atoms with van der Waals surface area (Å²) < 4.78 is 0. The van der Waals surface area contributed by atoms with Crippen LogP contribution in [0.3, 0.4) is 0 Å². The van der Waals surface area contributed by atoms with E-state index >= 15 is 0 Å². The van der Waals surface area contributed by atoms with Gasteiger partial charge < -0.3 is 15.1 Å². The molecule has 0 aliphatic carbocycles. The van der Waals surface area contributed by atoms with E-state index in [1.807, 2.05) is 88.9 Å². The number of anilines is 3. The molecule has 39 heavy (non-hydrogen) atoms. The van der Waals surface area contributed by atoms with E-state index < -0.39 is 0 Å². The second-order valence-electron chi connectivity index (χ2n) is 9.44. The molecule has 0 saturated heterocycles. The Balaban J connectivity index is 1.37. The van der Waals surface area contributed by atoms with Gasteiger partial charge in [-0.2, -0.15) is 0 Å². The van der Waals surface area contributed by atoms with Crippen molar-refractivity contribution >= 4 is 45.2 Å². The summed E-state index contributed by atoms with van der Waals surface area (Å²) in [6.45, 7) is 0.479. The lowest BCUT2D eigenvalue weighted by molar-refractivity contribution is -0.111. The molecule has 1 heterocycles. The second-order valence-corrected chi connectivity index (χ2v) is 10.3. The highest BCUT2D eigenvalue weighted by molar-refractivity contribution is 7.14. The van der Waals surface area contributed by atoms with Crippen LogP contribution in [0.15, 0.2) is 90.3 Å². The molecule has 0 fully saturated rings.